The average molecular weight is 293 g/mol. The number of thiophene rings is 1. The largest absolute Gasteiger partial charge is 0.474 e. The number of rotatable bonds is 7. The Morgan fingerprint density at radius 2 is 2.10 bits per heavy atom. The number of nitrogens with one attached hydrogen (secondary N) is 1. The standard InChI is InChI=1S/C15H23N3OS/c1-5-8-16-15-17-13(19-10(4)6-2)12-9-11(7-3)20-14(12)18-15/h9-10H,5-8H2,1-4H3,(H,16,17,18). The second kappa shape index (κ2) is 6.88. The van der Waals surface area contributed by atoms with Gasteiger partial charge in [-0.05, 0) is 32.3 Å². The third-order valence-electron chi connectivity index (χ3n) is 3.18. The smallest absolute Gasteiger partial charge is 0.227 e. The highest BCUT2D eigenvalue weighted by Crippen LogP contribution is 2.32. The van der Waals surface area contributed by atoms with Crippen LogP contribution in [0.1, 0.15) is 45.4 Å². The molecule has 0 aliphatic rings. The number of anilines is 1. The molecule has 5 heteroatoms. The van der Waals surface area contributed by atoms with Gasteiger partial charge in [0.2, 0.25) is 11.8 Å². The zero-order chi connectivity index (χ0) is 14.5. The molecule has 0 fully saturated rings. The van der Waals surface area contributed by atoms with Gasteiger partial charge in [0.1, 0.15) is 4.83 Å². The maximum atomic E-state index is 5.97. The van der Waals surface area contributed by atoms with Crippen LogP contribution in [0.5, 0.6) is 5.88 Å². The minimum absolute atomic E-state index is 0.164. The van der Waals surface area contributed by atoms with Crippen molar-refractivity contribution in [2.75, 3.05) is 11.9 Å². The van der Waals surface area contributed by atoms with Gasteiger partial charge in [0, 0.05) is 11.4 Å². The molecule has 1 unspecified atom stereocenters. The van der Waals surface area contributed by atoms with E-state index in [9.17, 15) is 0 Å². The zero-order valence-corrected chi connectivity index (χ0v) is 13.5. The van der Waals surface area contributed by atoms with Gasteiger partial charge in [-0.1, -0.05) is 20.8 Å². The summed E-state index contributed by atoms with van der Waals surface area (Å²) in [6, 6.07) is 2.15. The lowest BCUT2D eigenvalue weighted by atomic mass is 10.3. The van der Waals surface area contributed by atoms with Crippen LogP contribution in [0.2, 0.25) is 0 Å². The van der Waals surface area contributed by atoms with E-state index in [2.05, 4.69) is 49.0 Å². The Bertz CT molecular complexity index is 567. The summed E-state index contributed by atoms with van der Waals surface area (Å²) in [7, 11) is 0. The number of hydrogen-bond acceptors (Lipinski definition) is 5. The molecule has 110 valence electrons. The molecule has 1 N–H and O–H groups in total. The normalized spacial score (nSPS) is 12.6. The molecule has 2 heterocycles. The molecule has 20 heavy (non-hydrogen) atoms. The van der Waals surface area contributed by atoms with Crippen molar-refractivity contribution in [2.45, 2.75) is 53.1 Å². The topological polar surface area (TPSA) is 47.0 Å². The Hall–Kier alpha value is -1.36. The summed E-state index contributed by atoms with van der Waals surface area (Å²) in [6.07, 6.45) is 3.19. The third-order valence-corrected chi connectivity index (χ3v) is 4.35. The van der Waals surface area contributed by atoms with Gasteiger partial charge < -0.3 is 10.1 Å². The van der Waals surface area contributed by atoms with Gasteiger partial charge in [0.05, 0.1) is 11.5 Å². The Morgan fingerprint density at radius 1 is 1.30 bits per heavy atom. The fourth-order valence-corrected chi connectivity index (χ4v) is 2.76. The summed E-state index contributed by atoms with van der Waals surface area (Å²) in [5.74, 6) is 1.38. The summed E-state index contributed by atoms with van der Waals surface area (Å²) >= 11 is 1.72. The Balaban J connectivity index is 2.40. The number of ether oxygens (including phenoxy) is 1. The van der Waals surface area contributed by atoms with Crippen LogP contribution in [0.25, 0.3) is 10.2 Å². The second-order valence-corrected chi connectivity index (χ2v) is 6.02. The van der Waals surface area contributed by atoms with Crippen LogP contribution in [-0.2, 0) is 6.42 Å². The molecular formula is C15H23N3OS. The van der Waals surface area contributed by atoms with Crippen molar-refractivity contribution in [3.8, 4) is 5.88 Å². The van der Waals surface area contributed by atoms with Gasteiger partial charge in [-0.25, -0.2) is 4.98 Å². The van der Waals surface area contributed by atoms with E-state index in [1.807, 2.05) is 0 Å². The molecule has 0 aliphatic carbocycles. The Kier molecular flexibility index (Phi) is 5.17. The van der Waals surface area contributed by atoms with E-state index in [4.69, 9.17) is 4.74 Å². The molecule has 1 atom stereocenters. The fraction of sp³-hybridized carbons (Fsp3) is 0.600. The Morgan fingerprint density at radius 3 is 2.75 bits per heavy atom. The first-order valence-corrected chi connectivity index (χ1v) is 8.20. The average Bonchev–Trinajstić information content (AvgIpc) is 2.88. The molecule has 0 saturated heterocycles. The van der Waals surface area contributed by atoms with E-state index < -0.39 is 0 Å². The summed E-state index contributed by atoms with van der Waals surface area (Å²) in [4.78, 5) is 11.5. The molecule has 0 spiro atoms. The molecular weight excluding hydrogens is 270 g/mol. The van der Waals surface area contributed by atoms with E-state index >= 15 is 0 Å². The lowest BCUT2D eigenvalue weighted by molar-refractivity contribution is 0.212. The van der Waals surface area contributed by atoms with Crippen molar-refractivity contribution in [3.05, 3.63) is 10.9 Å². The minimum Gasteiger partial charge on any atom is -0.474 e. The van der Waals surface area contributed by atoms with E-state index in [-0.39, 0.29) is 6.10 Å². The van der Waals surface area contributed by atoms with Crippen LogP contribution in [-0.4, -0.2) is 22.6 Å². The molecule has 0 saturated carbocycles. The summed E-state index contributed by atoms with van der Waals surface area (Å²) in [6.45, 7) is 9.34. The van der Waals surface area contributed by atoms with Gasteiger partial charge >= 0.3 is 0 Å². The molecule has 2 rings (SSSR count). The monoisotopic (exact) mass is 293 g/mol. The quantitative estimate of drug-likeness (QED) is 0.829. The SMILES string of the molecule is CCCNc1nc(OC(C)CC)c2cc(CC)sc2n1. The van der Waals surface area contributed by atoms with Crippen molar-refractivity contribution >= 4 is 27.5 Å². The lowest BCUT2D eigenvalue weighted by Crippen LogP contribution is -2.12. The minimum atomic E-state index is 0.164. The zero-order valence-electron chi connectivity index (χ0n) is 12.7. The molecule has 2 aromatic rings. The number of aryl methyl sites for hydroxylation is 1. The number of fused-ring (bicyclic) bond motifs is 1. The maximum absolute atomic E-state index is 5.97. The van der Waals surface area contributed by atoms with E-state index in [0.29, 0.717) is 11.8 Å². The molecule has 2 aromatic heterocycles. The highest BCUT2D eigenvalue weighted by Gasteiger charge is 2.14. The van der Waals surface area contributed by atoms with Crippen LogP contribution >= 0.6 is 11.3 Å². The van der Waals surface area contributed by atoms with Crippen molar-refractivity contribution in [2.24, 2.45) is 0 Å². The predicted octanol–water partition coefficient (Wildman–Crippen LogP) is 4.25. The van der Waals surface area contributed by atoms with Gasteiger partial charge in [-0.15, -0.1) is 11.3 Å². The third kappa shape index (κ3) is 3.39. The van der Waals surface area contributed by atoms with Crippen LogP contribution in [0.15, 0.2) is 6.07 Å². The number of nitrogens with zero attached hydrogens (tertiary/aromatic N) is 2. The van der Waals surface area contributed by atoms with Gasteiger partial charge in [0.25, 0.3) is 0 Å². The first-order chi connectivity index (χ1) is 9.67. The van der Waals surface area contributed by atoms with Gasteiger partial charge in [-0.2, -0.15) is 4.98 Å². The predicted molar refractivity (Wildman–Crippen MR) is 86.0 cm³/mol. The fourth-order valence-electron chi connectivity index (χ4n) is 1.80. The van der Waals surface area contributed by atoms with Crippen LogP contribution < -0.4 is 10.1 Å². The van der Waals surface area contributed by atoms with Crippen molar-refractivity contribution in [1.82, 2.24) is 9.97 Å². The van der Waals surface area contributed by atoms with Crippen LogP contribution in [0.4, 0.5) is 5.95 Å². The number of hydrogen-bond donors (Lipinski definition) is 1. The summed E-state index contributed by atoms with van der Waals surface area (Å²) in [5, 5.41) is 4.29. The van der Waals surface area contributed by atoms with Crippen molar-refractivity contribution in [1.29, 1.82) is 0 Å². The highest BCUT2D eigenvalue weighted by atomic mass is 32.1. The maximum Gasteiger partial charge on any atom is 0.227 e. The Labute approximate surface area is 124 Å². The summed E-state index contributed by atoms with van der Waals surface area (Å²) in [5.41, 5.74) is 0. The first kappa shape index (κ1) is 15.0. The highest BCUT2D eigenvalue weighted by molar-refractivity contribution is 7.18. The number of aromatic nitrogens is 2. The molecule has 0 amide bonds. The lowest BCUT2D eigenvalue weighted by Gasteiger charge is -2.13. The van der Waals surface area contributed by atoms with Gasteiger partial charge in [-0.3, -0.25) is 0 Å². The van der Waals surface area contributed by atoms with E-state index in [1.165, 1.54) is 4.88 Å². The van der Waals surface area contributed by atoms with Crippen molar-refractivity contribution in [3.63, 3.8) is 0 Å². The van der Waals surface area contributed by atoms with Crippen LogP contribution in [0, 0.1) is 0 Å². The molecule has 0 aromatic carbocycles. The van der Waals surface area contributed by atoms with E-state index in [0.717, 1.165) is 36.0 Å². The van der Waals surface area contributed by atoms with Crippen molar-refractivity contribution < 1.29 is 4.74 Å². The molecule has 4 nitrogen and oxygen atoms in total. The summed E-state index contributed by atoms with van der Waals surface area (Å²) < 4.78 is 5.97. The molecule has 0 aliphatic heterocycles. The first-order valence-electron chi connectivity index (χ1n) is 7.38. The van der Waals surface area contributed by atoms with Crippen LogP contribution in [0.3, 0.4) is 0 Å². The van der Waals surface area contributed by atoms with E-state index in [1.54, 1.807) is 11.3 Å². The molecule has 0 radical (unpaired) electrons. The second-order valence-electron chi connectivity index (χ2n) is 4.90. The molecule has 0 bridgehead atoms. The van der Waals surface area contributed by atoms with Gasteiger partial charge in [0.15, 0.2) is 0 Å².